The summed E-state index contributed by atoms with van der Waals surface area (Å²) >= 11 is 0. The van der Waals surface area contributed by atoms with Crippen LogP contribution < -0.4 is 11.1 Å². The summed E-state index contributed by atoms with van der Waals surface area (Å²) in [6.07, 6.45) is 1.69. The van der Waals surface area contributed by atoms with Gasteiger partial charge >= 0.3 is 0 Å². The number of rotatable bonds is 4. The number of anilines is 2. The minimum Gasteiger partial charge on any atom is -0.368 e. The first-order valence-corrected chi connectivity index (χ1v) is 7.28. The van der Waals surface area contributed by atoms with Gasteiger partial charge in [0.2, 0.25) is 5.95 Å². The van der Waals surface area contributed by atoms with E-state index in [1.165, 1.54) is 0 Å². The van der Waals surface area contributed by atoms with Gasteiger partial charge in [0.15, 0.2) is 0 Å². The van der Waals surface area contributed by atoms with Crippen molar-refractivity contribution in [2.24, 2.45) is 0 Å². The fourth-order valence-corrected chi connectivity index (χ4v) is 1.91. The maximum absolute atomic E-state index is 11.3. The summed E-state index contributed by atoms with van der Waals surface area (Å²) in [5.74, 6) is 0.928. The largest absolute Gasteiger partial charge is 0.368 e. The van der Waals surface area contributed by atoms with E-state index in [0.717, 1.165) is 10.9 Å². The number of nitrogens with zero attached hydrogens (tertiary/aromatic N) is 2. The average molecular weight is 264 g/mol. The molecule has 0 amide bonds. The van der Waals surface area contributed by atoms with Gasteiger partial charge in [-0.3, -0.25) is 4.21 Å². The lowest BCUT2D eigenvalue weighted by Gasteiger charge is -2.12. The lowest BCUT2D eigenvalue weighted by molar-refractivity contribution is 0.679. The zero-order valence-electron chi connectivity index (χ0n) is 10.4. The molecule has 18 heavy (non-hydrogen) atoms. The number of para-hydroxylation sites is 1. The first-order valence-electron chi connectivity index (χ1n) is 5.66. The van der Waals surface area contributed by atoms with Gasteiger partial charge in [0, 0.05) is 34.2 Å². The van der Waals surface area contributed by atoms with Crippen molar-refractivity contribution in [3.8, 4) is 0 Å². The van der Waals surface area contributed by atoms with Crippen LogP contribution in [0.4, 0.5) is 11.8 Å². The molecule has 2 aromatic rings. The maximum atomic E-state index is 11.3. The van der Waals surface area contributed by atoms with Gasteiger partial charge in [-0.1, -0.05) is 12.1 Å². The van der Waals surface area contributed by atoms with Crippen molar-refractivity contribution in [2.75, 3.05) is 23.9 Å². The molecule has 0 aliphatic carbocycles. The van der Waals surface area contributed by atoms with Crippen molar-refractivity contribution in [1.29, 1.82) is 0 Å². The Morgan fingerprint density at radius 2 is 2.11 bits per heavy atom. The molecule has 0 saturated carbocycles. The van der Waals surface area contributed by atoms with E-state index in [0.29, 0.717) is 12.4 Å². The van der Waals surface area contributed by atoms with E-state index < -0.39 is 10.8 Å². The molecule has 2 unspecified atom stereocenters. The summed E-state index contributed by atoms with van der Waals surface area (Å²) < 4.78 is 11.3. The summed E-state index contributed by atoms with van der Waals surface area (Å²) in [4.78, 5) is 8.35. The minimum atomic E-state index is -0.860. The van der Waals surface area contributed by atoms with Crippen LogP contribution >= 0.6 is 0 Å². The Morgan fingerprint density at radius 3 is 2.83 bits per heavy atom. The van der Waals surface area contributed by atoms with Crippen LogP contribution in [0.15, 0.2) is 24.3 Å². The van der Waals surface area contributed by atoms with E-state index in [9.17, 15) is 4.21 Å². The van der Waals surface area contributed by atoms with Crippen LogP contribution in [0.3, 0.4) is 0 Å². The number of nitrogens with two attached hydrogens (primary N) is 1. The van der Waals surface area contributed by atoms with Gasteiger partial charge in [0.25, 0.3) is 0 Å². The van der Waals surface area contributed by atoms with E-state index in [-0.39, 0.29) is 11.2 Å². The fraction of sp³-hybridized carbons (Fsp3) is 0.333. The van der Waals surface area contributed by atoms with Crippen molar-refractivity contribution in [3.05, 3.63) is 24.3 Å². The molecule has 5 nitrogen and oxygen atoms in total. The highest BCUT2D eigenvalue weighted by atomic mass is 32.2. The molecule has 0 fully saturated rings. The topological polar surface area (TPSA) is 80.9 Å². The molecule has 1 aromatic carbocycles. The predicted octanol–water partition coefficient (Wildman–Crippen LogP) is 1.39. The number of nitrogen functional groups attached to an aromatic ring is 1. The molecule has 6 heteroatoms. The van der Waals surface area contributed by atoms with Crippen molar-refractivity contribution >= 4 is 33.5 Å². The van der Waals surface area contributed by atoms with Crippen LogP contribution in [-0.4, -0.2) is 32.2 Å². The third-order valence-electron chi connectivity index (χ3n) is 2.74. The van der Waals surface area contributed by atoms with E-state index in [2.05, 4.69) is 15.3 Å². The first kappa shape index (κ1) is 12.8. The molecule has 0 bridgehead atoms. The van der Waals surface area contributed by atoms with E-state index >= 15 is 0 Å². The molecular formula is C12H16N4OS. The summed E-state index contributed by atoms with van der Waals surface area (Å²) in [5.41, 5.74) is 6.47. The van der Waals surface area contributed by atoms with Crippen molar-refractivity contribution in [3.63, 3.8) is 0 Å². The Balaban J connectivity index is 2.29. The minimum absolute atomic E-state index is 0.0555. The van der Waals surface area contributed by atoms with Gasteiger partial charge in [-0.25, -0.2) is 4.98 Å². The van der Waals surface area contributed by atoms with Crippen molar-refractivity contribution < 1.29 is 4.21 Å². The highest BCUT2D eigenvalue weighted by Crippen LogP contribution is 2.20. The van der Waals surface area contributed by atoms with Gasteiger partial charge < -0.3 is 11.1 Å². The Kier molecular flexibility index (Phi) is 3.76. The molecular weight excluding hydrogens is 248 g/mol. The third kappa shape index (κ3) is 2.76. The molecule has 1 heterocycles. The number of aromatic nitrogens is 2. The van der Waals surface area contributed by atoms with Crippen LogP contribution in [0, 0.1) is 0 Å². The summed E-state index contributed by atoms with van der Waals surface area (Å²) in [7, 11) is -0.860. The second-order valence-corrected chi connectivity index (χ2v) is 5.94. The molecule has 2 rings (SSSR count). The van der Waals surface area contributed by atoms with Crippen LogP contribution in [0.5, 0.6) is 0 Å². The molecule has 0 saturated heterocycles. The smallest absolute Gasteiger partial charge is 0.222 e. The second kappa shape index (κ2) is 5.30. The molecule has 0 radical (unpaired) electrons. The number of hydrogen-bond donors (Lipinski definition) is 2. The molecule has 2 atom stereocenters. The Labute approximate surface area is 108 Å². The lowest BCUT2D eigenvalue weighted by atomic mass is 10.2. The van der Waals surface area contributed by atoms with Crippen LogP contribution in [0.1, 0.15) is 6.92 Å². The number of hydrogen-bond acceptors (Lipinski definition) is 5. The Morgan fingerprint density at radius 1 is 1.39 bits per heavy atom. The first-order chi connectivity index (χ1) is 8.58. The van der Waals surface area contributed by atoms with Crippen molar-refractivity contribution in [1.82, 2.24) is 9.97 Å². The molecule has 0 aliphatic rings. The summed E-state index contributed by atoms with van der Waals surface area (Å²) in [6, 6.07) is 7.65. The average Bonchev–Trinajstić information content (AvgIpc) is 2.35. The molecule has 96 valence electrons. The third-order valence-corrected chi connectivity index (χ3v) is 4.04. The van der Waals surface area contributed by atoms with Crippen LogP contribution in [0.2, 0.25) is 0 Å². The number of nitrogens with one attached hydrogen (secondary N) is 1. The molecule has 0 aliphatic heterocycles. The van der Waals surface area contributed by atoms with Gasteiger partial charge in [0.05, 0.1) is 5.52 Å². The van der Waals surface area contributed by atoms with E-state index in [4.69, 9.17) is 5.73 Å². The molecule has 1 aromatic heterocycles. The number of benzene rings is 1. The van der Waals surface area contributed by atoms with Gasteiger partial charge in [0.1, 0.15) is 5.82 Å². The van der Waals surface area contributed by atoms with Crippen LogP contribution in [-0.2, 0) is 10.8 Å². The fourth-order valence-electron chi connectivity index (χ4n) is 1.59. The molecule has 3 N–H and O–H groups in total. The molecule has 0 spiro atoms. The Bertz CT molecular complexity index is 587. The zero-order chi connectivity index (χ0) is 13.1. The number of fused-ring (bicyclic) bond motifs is 1. The summed E-state index contributed by atoms with van der Waals surface area (Å²) in [5, 5.41) is 4.16. The second-order valence-electron chi connectivity index (χ2n) is 4.14. The standard InChI is InChI=1S/C12H16N4OS/c1-8(18(2)17)7-14-11-9-5-3-4-6-10(9)15-12(13)16-11/h3-6,8H,7H2,1-2H3,(H3,13,14,15,16). The monoisotopic (exact) mass is 264 g/mol. The zero-order valence-corrected chi connectivity index (χ0v) is 11.2. The van der Waals surface area contributed by atoms with Crippen molar-refractivity contribution in [2.45, 2.75) is 12.2 Å². The quantitative estimate of drug-likeness (QED) is 0.872. The lowest BCUT2D eigenvalue weighted by Crippen LogP contribution is -2.21. The van der Waals surface area contributed by atoms with Crippen LogP contribution in [0.25, 0.3) is 10.9 Å². The van der Waals surface area contributed by atoms with Gasteiger partial charge in [-0.2, -0.15) is 4.98 Å². The predicted molar refractivity (Wildman–Crippen MR) is 76.0 cm³/mol. The highest BCUT2D eigenvalue weighted by Gasteiger charge is 2.09. The SMILES string of the molecule is CC(CNc1nc(N)nc2ccccc12)S(C)=O. The van der Waals surface area contributed by atoms with Gasteiger partial charge in [-0.15, -0.1) is 0 Å². The Hall–Kier alpha value is -1.69. The maximum Gasteiger partial charge on any atom is 0.222 e. The van der Waals surface area contributed by atoms with Gasteiger partial charge in [-0.05, 0) is 19.1 Å². The summed E-state index contributed by atoms with van der Waals surface area (Å²) in [6.45, 7) is 2.51. The normalized spacial score (nSPS) is 14.3. The van der Waals surface area contributed by atoms with E-state index in [1.54, 1.807) is 6.26 Å². The highest BCUT2D eigenvalue weighted by molar-refractivity contribution is 7.84. The van der Waals surface area contributed by atoms with E-state index in [1.807, 2.05) is 31.2 Å².